The molecule has 5 heteroatoms. The van der Waals surface area contributed by atoms with Crippen LogP contribution in [0.25, 0.3) is 0 Å². The lowest BCUT2D eigenvalue weighted by molar-refractivity contribution is 0.891. The van der Waals surface area contributed by atoms with Crippen molar-refractivity contribution in [3.05, 3.63) is 62.4 Å². The molecule has 1 aromatic carbocycles. The van der Waals surface area contributed by atoms with Gasteiger partial charge in [-0.25, -0.2) is 4.79 Å². The number of rotatable bonds is 4. The largest absolute Gasteiger partial charge is 0.325 e. The highest BCUT2D eigenvalue weighted by Crippen LogP contribution is 2.18. The summed E-state index contributed by atoms with van der Waals surface area (Å²) in [4.78, 5) is 28.7. The summed E-state index contributed by atoms with van der Waals surface area (Å²) in [5.41, 5.74) is 0.987. The van der Waals surface area contributed by atoms with E-state index in [2.05, 4.69) is 9.97 Å². The van der Waals surface area contributed by atoms with Crippen LogP contribution in [0.2, 0.25) is 0 Å². The van der Waals surface area contributed by atoms with Crippen LogP contribution in [0, 0.1) is 0 Å². The van der Waals surface area contributed by atoms with E-state index in [4.69, 9.17) is 0 Å². The second-order valence-corrected chi connectivity index (χ2v) is 5.09. The van der Waals surface area contributed by atoms with Gasteiger partial charge in [0.05, 0.1) is 4.90 Å². The van der Waals surface area contributed by atoms with Crippen LogP contribution < -0.4 is 11.2 Å². The maximum Gasteiger partial charge on any atom is 0.325 e. The molecule has 0 spiro atoms. The zero-order valence-corrected chi connectivity index (χ0v) is 10.8. The highest BCUT2D eigenvalue weighted by atomic mass is 32.2. The van der Waals surface area contributed by atoms with Gasteiger partial charge in [-0.15, -0.1) is 11.8 Å². The number of H-pyrrole nitrogens is 2. The second-order valence-electron chi connectivity index (χ2n) is 3.81. The Bertz CT molecular complexity index is 631. The van der Waals surface area contributed by atoms with E-state index in [1.807, 2.05) is 37.3 Å². The van der Waals surface area contributed by atoms with Crippen LogP contribution in [0.4, 0.5) is 0 Å². The molecule has 1 heterocycles. The standard InChI is InChI=1S/C13H14N2O2S/c1-2-18-11-10(14-13(17)15-12(11)16)8-9-6-4-3-5-7-9/h3-7H,2,8H2,1H3,(H2,14,15,16,17). The molecule has 0 atom stereocenters. The third-order valence-electron chi connectivity index (χ3n) is 2.48. The molecule has 18 heavy (non-hydrogen) atoms. The first-order chi connectivity index (χ1) is 8.70. The van der Waals surface area contributed by atoms with Gasteiger partial charge in [0, 0.05) is 12.1 Å². The molecule has 94 valence electrons. The molecule has 0 unspecified atom stereocenters. The smallest absolute Gasteiger partial charge is 0.310 e. The van der Waals surface area contributed by atoms with E-state index in [0.29, 0.717) is 17.0 Å². The Morgan fingerprint density at radius 3 is 2.50 bits per heavy atom. The van der Waals surface area contributed by atoms with Gasteiger partial charge in [0.2, 0.25) is 0 Å². The van der Waals surface area contributed by atoms with Crippen LogP contribution in [-0.4, -0.2) is 15.7 Å². The van der Waals surface area contributed by atoms with E-state index < -0.39 is 5.69 Å². The van der Waals surface area contributed by atoms with Crippen LogP contribution in [0.1, 0.15) is 18.2 Å². The van der Waals surface area contributed by atoms with Crippen molar-refractivity contribution in [2.75, 3.05) is 5.75 Å². The Morgan fingerprint density at radius 2 is 1.83 bits per heavy atom. The third-order valence-corrected chi connectivity index (χ3v) is 3.49. The molecule has 4 nitrogen and oxygen atoms in total. The van der Waals surface area contributed by atoms with Crippen LogP contribution in [0.3, 0.4) is 0 Å². The topological polar surface area (TPSA) is 65.7 Å². The first-order valence-electron chi connectivity index (χ1n) is 5.73. The predicted molar refractivity (Wildman–Crippen MR) is 73.3 cm³/mol. The highest BCUT2D eigenvalue weighted by molar-refractivity contribution is 7.99. The van der Waals surface area contributed by atoms with Gasteiger partial charge in [0.25, 0.3) is 5.56 Å². The van der Waals surface area contributed by atoms with E-state index in [1.54, 1.807) is 0 Å². The average Bonchev–Trinajstić information content (AvgIpc) is 2.35. The van der Waals surface area contributed by atoms with Crippen molar-refractivity contribution in [2.45, 2.75) is 18.2 Å². The van der Waals surface area contributed by atoms with E-state index in [1.165, 1.54) is 11.8 Å². The van der Waals surface area contributed by atoms with Crippen molar-refractivity contribution in [1.82, 2.24) is 9.97 Å². The molecular formula is C13H14N2O2S. The minimum atomic E-state index is -0.452. The van der Waals surface area contributed by atoms with Gasteiger partial charge < -0.3 is 4.98 Å². The van der Waals surface area contributed by atoms with Crippen molar-refractivity contribution in [2.24, 2.45) is 0 Å². The van der Waals surface area contributed by atoms with E-state index in [9.17, 15) is 9.59 Å². The van der Waals surface area contributed by atoms with Gasteiger partial charge in [-0.3, -0.25) is 9.78 Å². The first-order valence-corrected chi connectivity index (χ1v) is 6.71. The van der Waals surface area contributed by atoms with Crippen molar-refractivity contribution in [3.8, 4) is 0 Å². The molecule has 0 bridgehead atoms. The zero-order valence-electron chi connectivity index (χ0n) is 10.0. The summed E-state index contributed by atoms with van der Waals surface area (Å²) < 4.78 is 0. The SMILES string of the molecule is CCSc1c(Cc2ccccc2)[nH]c(=O)[nH]c1=O. The fraction of sp³-hybridized carbons (Fsp3) is 0.231. The Kier molecular flexibility index (Phi) is 4.04. The van der Waals surface area contributed by atoms with Gasteiger partial charge in [0.15, 0.2) is 0 Å². The predicted octanol–water partition coefficient (Wildman–Crippen LogP) is 1.77. The Hall–Kier alpha value is -1.75. The molecule has 0 aliphatic heterocycles. The van der Waals surface area contributed by atoms with Crippen LogP contribution in [-0.2, 0) is 6.42 Å². The van der Waals surface area contributed by atoms with Gasteiger partial charge in [-0.1, -0.05) is 37.3 Å². The highest BCUT2D eigenvalue weighted by Gasteiger charge is 2.09. The van der Waals surface area contributed by atoms with E-state index >= 15 is 0 Å². The summed E-state index contributed by atoms with van der Waals surface area (Å²) in [5.74, 6) is 0.789. The number of benzene rings is 1. The minimum Gasteiger partial charge on any atom is -0.310 e. The summed E-state index contributed by atoms with van der Waals surface area (Å²) in [6.45, 7) is 1.97. The Morgan fingerprint density at radius 1 is 1.11 bits per heavy atom. The molecule has 0 saturated carbocycles. The summed E-state index contributed by atoms with van der Waals surface area (Å²) in [7, 11) is 0. The molecule has 0 amide bonds. The molecule has 0 radical (unpaired) electrons. The third kappa shape index (κ3) is 2.92. The summed E-state index contributed by atoms with van der Waals surface area (Å²) in [5, 5.41) is 0. The minimum absolute atomic E-state index is 0.309. The van der Waals surface area contributed by atoms with Gasteiger partial charge >= 0.3 is 5.69 Å². The Balaban J connectivity index is 2.43. The number of thioether (sulfide) groups is 1. The molecule has 0 fully saturated rings. The Labute approximate surface area is 108 Å². The van der Waals surface area contributed by atoms with Crippen molar-refractivity contribution < 1.29 is 0 Å². The summed E-state index contributed by atoms with van der Waals surface area (Å²) in [6, 6.07) is 9.76. The number of nitrogens with one attached hydrogen (secondary N) is 2. The number of aromatic amines is 2. The van der Waals surface area contributed by atoms with Crippen molar-refractivity contribution in [3.63, 3.8) is 0 Å². The normalized spacial score (nSPS) is 10.5. The number of hydrogen-bond donors (Lipinski definition) is 2. The van der Waals surface area contributed by atoms with E-state index in [-0.39, 0.29) is 5.56 Å². The molecule has 0 aliphatic rings. The lowest BCUT2D eigenvalue weighted by Crippen LogP contribution is -2.26. The molecule has 2 aromatic rings. The maximum absolute atomic E-state index is 11.7. The monoisotopic (exact) mass is 262 g/mol. The number of aromatic nitrogens is 2. The molecular weight excluding hydrogens is 248 g/mol. The van der Waals surface area contributed by atoms with E-state index in [0.717, 1.165) is 11.3 Å². The van der Waals surface area contributed by atoms with Crippen LogP contribution >= 0.6 is 11.8 Å². The molecule has 2 rings (SSSR count). The van der Waals surface area contributed by atoms with Crippen molar-refractivity contribution in [1.29, 1.82) is 0 Å². The average molecular weight is 262 g/mol. The molecule has 2 N–H and O–H groups in total. The zero-order chi connectivity index (χ0) is 13.0. The molecule has 0 saturated heterocycles. The van der Waals surface area contributed by atoms with Gasteiger partial charge in [0.1, 0.15) is 0 Å². The quantitative estimate of drug-likeness (QED) is 0.825. The first kappa shape index (κ1) is 12.7. The maximum atomic E-state index is 11.7. The van der Waals surface area contributed by atoms with Crippen LogP contribution in [0.15, 0.2) is 44.8 Å². The number of hydrogen-bond acceptors (Lipinski definition) is 3. The summed E-state index contributed by atoms with van der Waals surface area (Å²) in [6.07, 6.45) is 0.558. The summed E-state index contributed by atoms with van der Waals surface area (Å²) >= 11 is 1.44. The lowest BCUT2D eigenvalue weighted by Gasteiger charge is -2.06. The van der Waals surface area contributed by atoms with Gasteiger partial charge in [-0.05, 0) is 11.3 Å². The fourth-order valence-corrected chi connectivity index (χ4v) is 2.51. The van der Waals surface area contributed by atoms with Crippen molar-refractivity contribution >= 4 is 11.8 Å². The second kappa shape index (κ2) is 5.73. The van der Waals surface area contributed by atoms with Gasteiger partial charge in [-0.2, -0.15) is 0 Å². The molecule has 0 aliphatic carbocycles. The van der Waals surface area contributed by atoms with Crippen LogP contribution in [0.5, 0.6) is 0 Å². The lowest BCUT2D eigenvalue weighted by atomic mass is 10.1. The fourth-order valence-electron chi connectivity index (χ4n) is 1.74. The molecule has 1 aromatic heterocycles.